The normalized spacial score (nSPS) is 15.6. The average Bonchev–Trinajstić information content (AvgIpc) is 3.14. The largest absolute Gasteiger partial charge is 0.368 e. The van der Waals surface area contributed by atoms with E-state index in [2.05, 4.69) is 25.6 Å². The molecule has 0 bridgehead atoms. The topological polar surface area (TPSA) is 82.7 Å². The van der Waals surface area contributed by atoms with Gasteiger partial charge in [-0.05, 0) is 38.7 Å². The summed E-state index contributed by atoms with van der Waals surface area (Å²) in [6.45, 7) is 4.72. The molecule has 0 unspecified atom stereocenters. The monoisotopic (exact) mass is 301 g/mol. The molecule has 6 heteroatoms. The van der Waals surface area contributed by atoms with Crippen LogP contribution in [-0.2, 0) is 0 Å². The molecule has 0 saturated heterocycles. The highest BCUT2D eigenvalue weighted by Crippen LogP contribution is 2.25. The van der Waals surface area contributed by atoms with E-state index in [0.717, 1.165) is 12.1 Å². The van der Waals surface area contributed by atoms with E-state index < -0.39 is 0 Å². The number of hydrogen-bond acceptors (Lipinski definition) is 4. The molecule has 1 saturated carbocycles. The van der Waals surface area contributed by atoms with E-state index in [1.807, 2.05) is 19.9 Å². The molecule has 0 aromatic carbocycles. The van der Waals surface area contributed by atoms with Crippen LogP contribution in [-0.4, -0.2) is 33.4 Å². The molecular weight excluding hydrogens is 278 g/mol. The first-order valence-electron chi connectivity index (χ1n) is 8.03. The van der Waals surface area contributed by atoms with Gasteiger partial charge in [0, 0.05) is 18.8 Å². The van der Waals surface area contributed by atoms with Crippen molar-refractivity contribution in [2.24, 2.45) is 5.92 Å². The Morgan fingerprint density at radius 1 is 1.36 bits per heavy atom. The Morgan fingerprint density at radius 3 is 2.86 bits per heavy atom. The number of rotatable bonds is 5. The summed E-state index contributed by atoms with van der Waals surface area (Å²) in [4.78, 5) is 24.4. The minimum absolute atomic E-state index is 0.0660. The fourth-order valence-electron chi connectivity index (χ4n) is 2.94. The SMILES string of the molecule is CC(C)NC(=O)c1nc2[nH]ccc2nc1NCC1CCCC1. The predicted molar refractivity (Wildman–Crippen MR) is 86.9 cm³/mol. The molecule has 3 rings (SSSR count). The zero-order chi connectivity index (χ0) is 15.5. The molecule has 1 aliphatic carbocycles. The summed E-state index contributed by atoms with van der Waals surface area (Å²) < 4.78 is 0. The zero-order valence-electron chi connectivity index (χ0n) is 13.1. The van der Waals surface area contributed by atoms with Crippen LogP contribution in [0.25, 0.3) is 11.2 Å². The molecule has 1 amide bonds. The molecule has 0 atom stereocenters. The molecule has 2 heterocycles. The maximum Gasteiger partial charge on any atom is 0.274 e. The molecule has 0 spiro atoms. The fraction of sp³-hybridized carbons (Fsp3) is 0.562. The second-order valence-electron chi connectivity index (χ2n) is 6.29. The van der Waals surface area contributed by atoms with Gasteiger partial charge in [-0.15, -0.1) is 0 Å². The van der Waals surface area contributed by atoms with Crippen LogP contribution >= 0.6 is 0 Å². The van der Waals surface area contributed by atoms with E-state index in [1.165, 1.54) is 25.7 Å². The van der Waals surface area contributed by atoms with Gasteiger partial charge in [-0.1, -0.05) is 12.8 Å². The molecule has 2 aromatic rings. The maximum atomic E-state index is 12.4. The van der Waals surface area contributed by atoms with Crippen molar-refractivity contribution in [3.05, 3.63) is 18.0 Å². The Bertz CT molecular complexity index is 658. The molecule has 6 nitrogen and oxygen atoms in total. The lowest BCUT2D eigenvalue weighted by molar-refractivity contribution is 0.0939. The van der Waals surface area contributed by atoms with Crippen molar-refractivity contribution in [1.29, 1.82) is 0 Å². The van der Waals surface area contributed by atoms with Crippen LogP contribution in [0.5, 0.6) is 0 Å². The fourth-order valence-corrected chi connectivity index (χ4v) is 2.94. The third-order valence-corrected chi connectivity index (χ3v) is 4.05. The number of aromatic amines is 1. The predicted octanol–water partition coefficient (Wildman–Crippen LogP) is 2.70. The van der Waals surface area contributed by atoms with Crippen molar-refractivity contribution in [2.75, 3.05) is 11.9 Å². The van der Waals surface area contributed by atoms with Gasteiger partial charge in [0.1, 0.15) is 5.52 Å². The van der Waals surface area contributed by atoms with E-state index in [-0.39, 0.29) is 11.9 Å². The van der Waals surface area contributed by atoms with Gasteiger partial charge in [-0.2, -0.15) is 0 Å². The Balaban J connectivity index is 1.85. The lowest BCUT2D eigenvalue weighted by Crippen LogP contribution is -2.32. The summed E-state index contributed by atoms with van der Waals surface area (Å²) in [6, 6.07) is 1.93. The summed E-state index contributed by atoms with van der Waals surface area (Å²) in [7, 11) is 0. The summed E-state index contributed by atoms with van der Waals surface area (Å²) in [5, 5.41) is 6.23. The van der Waals surface area contributed by atoms with Crippen molar-refractivity contribution in [3.63, 3.8) is 0 Å². The molecule has 2 aromatic heterocycles. The number of fused-ring (bicyclic) bond motifs is 1. The van der Waals surface area contributed by atoms with Crippen LogP contribution in [0, 0.1) is 5.92 Å². The maximum absolute atomic E-state index is 12.4. The lowest BCUT2D eigenvalue weighted by atomic mass is 10.1. The number of aromatic nitrogens is 3. The summed E-state index contributed by atoms with van der Waals surface area (Å²) in [5.41, 5.74) is 1.77. The number of anilines is 1. The first-order valence-corrected chi connectivity index (χ1v) is 8.03. The minimum atomic E-state index is -0.187. The van der Waals surface area contributed by atoms with Crippen molar-refractivity contribution in [2.45, 2.75) is 45.6 Å². The number of H-pyrrole nitrogens is 1. The summed E-state index contributed by atoms with van der Waals surface area (Å²) in [5.74, 6) is 1.06. The van der Waals surface area contributed by atoms with Crippen LogP contribution < -0.4 is 10.6 Å². The van der Waals surface area contributed by atoms with E-state index in [1.54, 1.807) is 6.20 Å². The van der Waals surface area contributed by atoms with Crippen molar-refractivity contribution < 1.29 is 4.79 Å². The molecule has 1 fully saturated rings. The van der Waals surface area contributed by atoms with E-state index in [9.17, 15) is 4.79 Å². The Kier molecular flexibility index (Phi) is 4.27. The van der Waals surface area contributed by atoms with Crippen LogP contribution in [0.1, 0.15) is 50.0 Å². The zero-order valence-corrected chi connectivity index (χ0v) is 13.1. The standard InChI is InChI=1S/C16H23N5O/c1-10(2)19-16(22)13-15(18-9-11-5-3-4-6-11)20-12-7-8-17-14(12)21-13/h7-8,10-11H,3-6,9H2,1-2H3,(H,17,21)(H,18,20)(H,19,22). The number of amides is 1. The quantitative estimate of drug-likeness (QED) is 0.793. The molecule has 0 radical (unpaired) electrons. The number of nitrogens with one attached hydrogen (secondary N) is 3. The number of hydrogen-bond donors (Lipinski definition) is 3. The smallest absolute Gasteiger partial charge is 0.274 e. The van der Waals surface area contributed by atoms with Gasteiger partial charge in [0.05, 0.1) is 0 Å². The molecule has 118 valence electrons. The minimum Gasteiger partial charge on any atom is -0.368 e. The Morgan fingerprint density at radius 2 is 2.14 bits per heavy atom. The lowest BCUT2D eigenvalue weighted by Gasteiger charge is -2.15. The number of carbonyl (C=O) groups excluding carboxylic acids is 1. The molecule has 22 heavy (non-hydrogen) atoms. The molecule has 3 N–H and O–H groups in total. The second-order valence-corrected chi connectivity index (χ2v) is 6.29. The average molecular weight is 301 g/mol. The van der Waals surface area contributed by atoms with Crippen molar-refractivity contribution in [3.8, 4) is 0 Å². The molecule has 0 aliphatic heterocycles. The van der Waals surface area contributed by atoms with E-state index >= 15 is 0 Å². The van der Waals surface area contributed by atoms with Gasteiger partial charge in [-0.3, -0.25) is 4.79 Å². The highest BCUT2D eigenvalue weighted by atomic mass is 16.2. The number of nitrogens with zero attached hydrogens (tertiary/aromatic N) is 2. The Hall–Kier alpha value is -2.11. The van der Waals surface area contributed by atoms with Crippen LogP contribution in [0.3, 0.4) is 0 Å². The van der Waals surface area contributed by atoms with Gasteiger partial charge < -0.3 is 15.6 Å². The highest BCUT2D eigenvalue weighted by Gasteiger charge is 2.20. The molecular formula is C16H23N5O. The molecule has 1 aliphatic rings. The van der Waals surface area contributed by atoms with Gasteiger partial charge in [0.25, 0.3) is 5.91 Å². The van der Waals surface area contributed by atoms with Gasteiger partial charge >= 0.3 is 0 Å². The highest BCUT2D eigenvalue weighted by molar-refractivity contribution is 5.98. The summed E-state index contributed by atoms with van der Waals surface area (Å²) in [6.07, 6.45) is 6.89. The Labute approximate surface area is 130 Å². The second kappa shape index (κ2) is 6.34. The van der Waals surface area contributed by atoms with Crippen LogP contribution in [0.4, 0.5) is 5.82 Å². The first-order chi connectivity index (χ1) is 10.6. The summed E-state index contributed by atoms with van der Waals surface area (Å²) >= 11 is 0. The third kappa shape index (κ3) is 3.21. The van der Waals surface area contributed by atoms with Gasteiger partial charge in [-0.25, -0.2) is 9.97 Å². The third-order valence-electron chi connectivity index (χ3n) is 4.05. The number of carbonyl (C=O) groups is 1. The van der Waals surface area contributed by atoms with Gasteiger partial charge in [0.2, 0.25) is 0 Å². The van der Waals surface area contributed by atoms with Crippen molar-refractivity contribution >= 4 is 22.9 Å². The first kappa shape index (κ1) is 14.8. The van der Waals surface area contributed by atoms with Crippen molar-refractivity contribution in [1.82, 2.24) is 20.3 Å². The van der Waals surface area contributed by atoms with E-state index in [4.69, 9.17) is 0 Å². The van der Waals surface area contributed by atoms with Crippen LogP contribution in [0.2, 0.25) is 0 Å². The van der Waals surface area contributed by atoms with Crippen LogP contribution in [0.15, 0.2) is 12.3 Å². The van der Waals surface area contributed by atoms with Gasteiger partial charge in [0.15, 0.2) is 17.2 Å². The van der Waals surface area contributed by atoms with E-state index in [0.29, 0.717) is 23.1 Å².